The summed E-state index contributed by atoms with van der Waals surface area (Å²) >= 11 is 0. The lowest BCUT2D eigenvalue weighted by atomic mass is 10.0. The number of benzene rings is 1. The number of rotatable bonds is 5. The van der Waals surface area contributed by atoms with Crippen LogP contribution in [-0.2, 0) is 6.54 Å². The van der Waals surface area contributed by atoms with E-state index in [-0.39, 0.29) is 0 Å². The van der Waals surface area contributed by atoms with Gasteiger partial charge in [-0.25, -0.2) is 0 Å². The molecule has 0 atom stereocenters. The second kappa shape index (κ2) is 5.72. The second-order valence-corrected chi connectivity index (χ2v) is 5.47. The van der Waals surface area contributed by atoms with E-state index in [4.69, 9.17) is 4.74 Å². The molecule has 3 nitrogen and oxygen atoms in total. The molecule has 1 aliphatic rings. The molecule has 1 saturated heterocycles. The Labute approximate surface area is 110 Å². The Morgan fingerprint density at radius 2 is 2.00 bits per heavy atom. The summed E-state index contributed by atoms with van der Waals surface area (Å²) in [6.07, 6.45) is 0. The Hall–Kier alpha value is -1.06. The van der Waals surface area contributed by atoms with Gasteiger partial charge in [-0.2, -0.15) is 0 Å². The van der Waals surface area contributed by atoms with Gasteiger partial charge in [0.25, 0.3) is 0 Å². The van der Waals surface area contributed by atoms with Crippen molar-refractivity contribution in [3.63, 3.8) is 0 Å². The maximum absolute atomic E-state index is 5.35. The molecule has 0 spiro atoms. The van der Waals surface area contributed by atoms with Gasteiger partial charge in [-0.3, -0.25) is 0 Å². The zero-order chi connectivity index (χ0) is 13.1. The van der Waals surface area contributed by atoms with Gasteiger partial charge in [-0.15, -0.1) is 0 Å². The minimum absolute atomic E-state index is 0.828. The van der Waals surface area contributed by atoms with E-state index in [1.165, 1.54) is 36.3 Å². The van der Waals surface area contributed by atoms with Crippen LogP contribution in [0.15, 0.2) is 12.1 Å². The van der Waals surface area contributed by atoms with Crippen LogP contribution in [-0.4, -0.2) is 38.7 Å². The van der Waals surface area contributed by atoms with E-state index in [1.807, 2.05) is 0 Å². The SMILES string of the molecule is COc1cc(C)c(CN(C)CC2CNC2)cc1C. The highest BCUT2D eigenvalue weighted by molar-refractivity contribution is 5.41. The minimum atomic E-state index is 0.828. The standard InChI is InChI=1S/C15H24N2O/c1-11-6-15(18-4)12(2)5-14(11)10-17(3)9-13-7-16-8-13/h5-6,13,16H,7-10H2,1-4H3. The highest BCUT2D eigenvalue weighted by Gasteiger charge is 2.18. The molecule has 1 aromatic rings. The first-order valence-electron chi connectivity index (χ1n) is 6.63. The highest BCUT2D eigenvalue weighted by atomic mass is 16.5. The van der Waals surface area contributed by atoms with Crippen LogP contribution >= 0.6 is 0 Å². The molecule has 1 heterocycles. The predicted octanol–water partition coefficient (Wildman–Crippen LogP) is 1.96. The van der Waals surface area contributed by atoms with Crippen molar-refractivity contribution >= 4 is 0 Å². The zero-order valence-electron chi connectivity index (χ0n) is 11.9. The van der Waals surface area contributed by atoms with Crippen molar-refractivity contribution in [3.8, 4) is 5.75 Å². The number of ether oxygens (including phenoxy) is 1. The van der Waals surface area contributed by atoms with Crippen molar-refractivity contribution in [2.45, 2.75) is 20.4 Å². The predicted molar refractivity (Wildman–Crippen MR) is 75.2 cm³/mol. The van der Waals surface area contributed by atoms with Crippen molar-refractivity contribution in [2.75, 3.05) is 33.8 Å². The number of nitrogens with one attached hydrogen (secondary N) is 1. The van der Waals surface area contributed by atoms with E-state index < -0.39 is 0 Å². The molecule has 0 aromatic heterocycles. The third-order valence-electron chi connectivity index (χ3n) is 3.73. The van der Waals surface area contributed by atoms with Crippen molar-refractivity contribution in [1.29, 1.82) is 0 Å². The van der Waals surface area contributed by atoms with Crippen molar-refractivity contribution in [3.05, 3.63) is 28.8 Å². The molecule has 1 aromatic carbocycles. The van der Waals surface area contributed by atoms with E-state index >= 15 is 0 Å². The van der Waals surface area contributed by atoms with Crippen LogP contribution in [0.2, 0.25) is 0 Å². The van der Waals surface area contributed by atoms with Crippen LogP contribution in [0, 0.1) is 19.8 Å². The summed E-state index contributed by atoms with van der Waals surface area (Å²) in [6.45, 7) is 8.81. The van der Waals surface area contributed by atoms with E-state index in [1.54, 1.807) is 7.11 Å². The maximum Gasteiger partial charge on any atom is 0.122 e. The molecule has 2 rings (SSSR count). The summed E-state index contributed by atoms with van der Waals surface area (Å²) in [5.74, 6) is 1.82. The summed E-state index contributed by atoms with van der Waals surface area (Å²) in [4.78, 5) is 2.42. The average molecular weight is 248 g/mol. The van der Waals surface area contributed by atoms with Crippen LogP contribution in [0.3, 0.4) is 0 Å². The lowest BCUT2D eigenvalue weighted by molar-refractivity contribution is 0.218. The number of hydrogen-bond donors (Lipinski definition) is 1. The fourth-order valence-electron chi connectivity index (χ4n) is 2.51. The molecule has 1 aliphatic heterocycles. The molecular weight excluding hydrogens is 224 g/mol. The largest absolute Gasteiger partial charge is 0.496 e. The molecule has 0 saturated carbocycles. The third-order valence-corrected chi connectivity index (χ3v) is 3.73. The van der Waals surface area contributed by atoms with E-state index in [9.17, 15) is 0 Å². The normalized spacial score (nSPS) is 15.8. The molecule has 1 fully saturated rings. The minimum Gasteiger partial charge on any atom is -0.496 e. The first-order chi connectivity index (χ1) is 8.60. The van der Waals surface area contributed by atoms with Gasteiger partial charge in [0.15, 0.2) is 0 Å². The molecule has 1 N–H and O–H groups in total. The van der Waals surface area contributed by atoms with Gasteiger partial charge in [0.05, 0.1) is 7.11 Å². The fourth-order valence-corrected chi connectivity index (χ4v) is 2.51. The topological polar surface area (TPSA) is 24.5 Å². The van der Waals surface area contributed by atoms with Crippen molar-refractivity contribution < 1.29 is 4.74 Å². The number of nitrogens with zero attached hydrogens (tertiary/aromatic N) is 1. The number of aryl methyl sites for hydroxylation is 2. The molecule has 0 bridgehead atoms. The summed E-state index contributed by atoms with van der Waals surface area (Å²) in [6, 6.07) is 4.40. The quantitative estimate of drug-likeness (QED) is 0.862. The molecule has 0 aliphatic carbocycles. The molecule has 18 heavy (non-hydrogen) atoms. The summed E-state index contributed by atoms with van der Waals surface area (Å²) in [7, 11) is 3.94. The molecule has 100 valence electrons. The maximum atomic E-state index is 5.35. The van der Waals surface area contributed by atoms with Gasteiger partial charge in [0, 0.05) is 26.2 Å². The van der Waals surface area contributed by atoms with Gasteiger partial charge < -0.3 is 15.0 Å². The molecule has 0 radical (unpaired) electrons. The third kappa shape index (κ3) is 3.03. The molecule has 3 heteroatoms. The molecule has 0 amide bonds. The van der Waals surface area contributed by atoms with Gasteiger partial charge in [0.2, 0.25) is 0 Å². The van der Waals surface area contributed by atoms with Gasteiger partial charge in [-0.1, -0.05) is 6.07 Å². The fraction of sp³-hybridized carbons (Fsp3) is 0.600. The van der Waals surface area contributed by atoms with Crippen LogP contribution in [0.5, 0.6) is 5.75 Å². The lowest BCUT2D eigenvalue weighted by Crippen LogP contribution is -2.47. The Kier molecular flexibility index (Phi) is 4.25. The van der Waals surface area contributed by atoms with Crippen LogP contribution in [0.25, 0.3) is 0 Å². The summed E-state index contributed by atoms with van der Waals surface area (Å²) in [5.41, 5.74) is 3.94. The van der Waals surface area contributed by atoms with Crippen LogP contribution in [0.4, 0.5) is 0 Å². The van der Waals surface area contributed by atoms with E-state index in [0.717, 1.165) is 18.2 Å². The monoisotopic (exact) mass is 248 g/mol. The van der Waals surface area contributed by atoms with Crippen LogP contribution < -0.4 is 10.1 Å². The Morgan fingerprint density at radius 1 is 1.28 bits per heavy atom. The molecular formula is C15H24N2O. The second-order valence-electron chi connectivity index (χ2n) is 5.47. The van der Waals surface area contributed by atoms with E-state index in [0.29, 0.717) is 0 Å². The smallest absolute Gasteiger partial charge is 0.122 e. The Balaban J connectivity index is 2.01. The molecule has 0 unspecified atom stereocenters. The van der Waals surface area contributed by atoms with Gasteiger partial charge in [0.1, 0.15) is 5.75 Å². The lowest BCUT2D eigenvalue weighted by Gasteiger charge is -2.31. The van der Waals surface area contributed by atoms with Crippen molar-refractivity contribution in [2.24, 2.45) is 5.92 Å². The first kappa shape index (κ1) is 13.4. The number of hydrogen-bond acceptors (Lipinski definition) is 3. The van der Waals surface area contributed by atoms with E-state index in [2.05, 4.69) is 43.2 Å². The summed E-state index contributed by atoms with van der Waals surface area (Å²) in [5, 5.41) is 3.32. The summed E-state index contributed by atoms with van der Waals surface area (Å²) < 4.78 is 5.35. The van der Waals surface area contributed by atoms with Crippen molar-refractivity contribution in [1.82, 2.24) is 10.2 Å². The average Bonchev–Trinajstić information content (AvgIpc) is 2.28. The first-order valence-corrected chi connectivity index (χ1v) is 6.63. The highest BCUT2D eigenvalue weighted by Crippen LogP contribution is 2.23. The zero-order valence-corrected chi connectivity index (χ0v) is 11.9. The van der Waals surface area contributed by atoms with Gasteiger partial charge in [-0.05, 0) is 49.6 Å². The number of methoxy groups -OCH3 is 1. The van der Waals surface area contributed by atoms with Gasteiger partial charge >= 0.3 is 0 Å². The Morgan fingerprint density at radius 3 is 2.56 bits per heavy atom. The van der Waals surface area contributed by atoms with Crippen LogP contribution in [0.1, 0.15) is 16.7 Å². The Bertz CT molecular complexity index is 413.